The van der Waals surface area contributed by atoms with Gasteiger partial charge < -0.3 is 0 Å². The molecule has 4 atom stereocenters. The zero-order valence-electron chi connectivity index (χ0n) is 6.22. The van der Waals surface area contributed by atoms with Crippen molar-refractivity contribution in [2.75, 3.05) is 0 Å². The number of fused-ring (bicyclic) bond motifs is 1. The van der Waals surface area contributed by atoms with Crippen LogP contribution in [0.4, 0.5) is 0 Å². The fraction of sp³-hybridized carbons (Fsp3) is 0.778. The topological polar surface area (TPSA) is 0 Å². The highest BCUT2D eigenvalue weighted by atomic mass is 14.6. The minimum Gasteiger partial charge on any atom is -0.0998 e. The van der Waals surface area contributed by atoms with Crippen LogP contribution in [0, 0.1) is 23.7 Å². The SMILES string of the molecule is C=C(C)C1C(C)C2CC21. The van der Waals surface area contributed by atoms with Crippen molar-refractivity contribution in [2.24, 2.45) is 23.7 Å². The van der Waals surface area contributed by atoms with Crippen LogP contribution in [0.25, 0.3) is 0 Å². The highest BCUT2D eigenvalue weighted by Crippen LogP contribution is 2.65. The molecule has 4 unspecified atom stereocenters. The predicted octanol–water partition coefficient (Wildman–Crippen LogP) is 2.46. The summed E-state index contributed by atoms with van der Waals surface area (Å²) in [6.45, 7) is 8.55. The molecule has 2 rings (SSSR count). The van der Waals surface area contributed by atoms with E-state index in [1.165, 1.54) is 12.0 Å². The Hall–Kier alpha value is -0.260. The van der Waals surface area contributed by atoms with Crippen molar-refractivity contribution in [3.05, 3.63) is 12.2 Å². The van der Waals surface area contributed by atoms with Gasteiger partial charge in [0, 0.05) is 0 Å². The Bertz CT molecular complexity index is 157. The highest BCUT2D eigenvalue weighted by molar-refractivity contribution is 5.18. The van der Waals surface area contributed by atoms with Crippen molar-refractivity contribution < 1.29 is 0 Å². The Morgan fingerprint density at radius 1 is 1.44 bits per heavy atom. The van der Waals surface area contributed by atoms with E-state index in [2.05, 4.69) is 20.4 Å². The minimum atomic E-state index is 0.898. The highest BCUT2D eigenvalue weighted by Gasteiger charge is 2.58. The van der Waals surface area contributed by atoms with E-state index in [-0.39, 0.29) is 0 Å². The van der Waals surface area contributed by atoms with Gasteiger partial charge in [0.15, 0.2) is 0 Å². The molecule has 0 spiro atoms. The standard InChI is InChI=1S/C9H14/c1-5(2)9-6(3)7-4-8(7)9/h6-9H,1,4H2,2-3H3. The van der Waals surface area contributed by atoms with Crippen molar-refractivity contribution in [2.45, 2.75) is 20.3 Å². The molecular formula is C9H14. The van der Waals surface area contributed by atoms with Gasteiger partial charge in [0.2, 0.25) is 0 Å². The van der Waals surface area contributed by atoms with E-state index in [9.17, 15) is 0 Å². The monoisotopic (exact) mass is 122 g/mol. The van der Waals surface area contributed by atoms with Crippen LogP contribution in [0.3, 0.4) is 0 Å². The Labute approximate surface area is 57.0 Å². The normalized spacial score (nSPS) is 53.6. The zero-order chi connectivity index (χ0) is 6.59. The second kappa shape index (κ2) is 1.42. The van der Waals surface area contributed by atoms with Gasteiger partial charge in [0.1, 0.15) is 0 Å². The summed E-state index contributed by atoms with van der Waals surface area (Å²) in [5, 5.41) is 0. The second-order valence-corrected chi connectivity index (χ2v) is 3.79. The minimum absolute atomic E-state index is 0.898. The summed E-state index contributed by atoms with van der Waals surface area (Å²) in [4.78, 5) is 0. The molecule has 0 aliphatic heterocycles. The van der Waals surface area contributed by atoms with Gasteiger partial charge in [-0.1, -0.05) is 19.1 Å². The third-order valence-electron chi connectivity index (χ3n) is 3.16. The average Bonchev–Trinajstić information content (AvgIpc) is 2.41. The fourth-order valence-corrected chi connectivity index (χ4v) is 2.58. The van der Waals surface area contributed by atoms with E-state index in [0.717, 1.165) is 23.7 Å². The Morgan fingerprint density at radius 3 is 2.33 bits per heavy atom. The van der Waals surface area contributed by atoms with Crippen LogP contribution in [0.15, 0.2) is 12.2 Å². The molecule has 9 heavy (non-hydrogen) atoms. The average molecular weight is 122 g/mol. The van der Waals surface area contributed by atoms with Crippen molar-refractivity contribution >= 4 is 0 Å². The van der Waals surface area contributed by atoms with Crippen LogP contribution >= 0.6 is 0 Å². The summed E-state index contributed by atoms with van der Waals surface area (Å²) in [5.41, 5.74) is 1.42. The van der Waals surface area contributed by atoms with E-state index in [0.29, 0.717) is 0 Å². The van der Waals surface area contributed by atoms with Crippen LogP contribution in [-0.4, -0.2) is 0 Å². The molecule has 0 nitrogen and oxygen atoms in total. The summed E-state index contributed by atoms with van der Waals surface area (Å²) in [6, 6.07) is 0. The first-order valence-corrected chi connectivity index (χ1v) is 3.87. The summed E-state index contributed by atoms with van der Waals surface area (Å²) < 4.78 is 0. The first-order chi connectivity index (χ1) is 4.22. The summed E-state index contributed by atoms with van der Waals surface area (Å²) in [7, 11) is 0. The van der Waals surface area contributed by atoms with Gasteiger partial charge in [-0.2, -0.15) is 0 Å². The predicted molar refractivity (Wildman–Crippen MR) is 39.1 cm³/mol. The molecule has 0 heterocycles. The molecular weight excluding hydrogens is 108 g/mol. The number of hydrogen-bond acceptors (Lipinski definition) is 0. The Kier molecular flexibility index (Phi) is 0.870. The lowest BCUT2D eigenvalue weighted by molar-refractivity contribution is 0.213. The van der Waals surface area contributed by atoms with Crippen LogP contribution in [0.5, 0.6) is 0 Å². The molecule has 2 fully saturated rings. The van der Waals surface area contributed by atoms with Crippen LogP contribution in [0.2, 0.25) is 0 Å². The zero-order valence-corrected chi connectivity index (χ0v) is 6.22. The van der Waals surface area contributed by atoms with E-state index in [4.69, 9.17) is 0 Å². The van der Waals surface area contributed by atoms with E-state index in [1.807, 2.05) is 0 Å². The van der Waals surface area contributed by atoms with Crippen LogP contribution in [0.1, 0.15) is 20.3 Å². The van der Waals surface area contributed by atoms with E-state index >= 15 is 0 Å². The first kappa shape index (κ1) is 5.52. The molecule has 0 aromatic carbocycles. The molecule has 50 valence electrons. The van der Waals surface area contributed by atoms with Crippen LogP contribution < -0.4 is 0 Å². The first-order valence-electron chi connectivity index (χ1n) is 3.87. The maximum Gasteiger partial charge on any atom is -0.0149 e. The van der Waals surface area contributed by atoms with Gasteiger partial charge in [0.05, 0.1) is 0 Å². The molecule has 0 bridgehead atoms. The van der Waals surface area contributed by atoms with Gasteiger partial charge in [-0.3, -0.25) is 0 Å². The fourth-order valence-electron chi connectivity index (χ4n) is 2.58. The summed E-state index contributed by atoms with van der Waals surface area (Å²) in [6.07, 6.45) is 1.50. The molecule has 0 N–H and O–H groups in total. The maximum atomic E-state index is 4.00. The molecule has 0 heteroatoms. The Morgan fingerprint density at radius 2 is 2.11 bits per heavy atom. The van der Waals surface area contributed by atoms with E-state index < -0.39 is 0 Å². The maximum absolute atomic E-state index is 4.00. The van der Waals surface area contributed by atoms with Crippen LogP contribution in [-0.2, 0) is 0 Å². The van der Waals surface area contributed by atoms with Gasteiger partial charge in [-0.25, -0.2) is 0 Å². The van der Waals surface area contributed by atoms with Gasteiger partial charge in [0.25, 0.3) is 0 Å². The number of allylic oxidation sites excluding steroid dienone is 1. The summed E-state index contributed by atoms with van der Waals surface area (Å²) >= 11 is 0. The quantitative estimate of drug-likeness (QED) is 0.469. The van der Waals surface area contributed by atoms with Crippen molar-refractivity contribution in [3.8, 4) is 0 Å². The Balaban J connectivity index is 2.07. The van der Waals surface area contributed by atoms with Crippen molar-refractivity contribution in [1.82, 2.24) is 0 Å². The second-order valence-electron chi connectivity index (χ2n) is 3.79. The lowest BCUT2D eigenvalue weighted by atomic mass is 9.72. The molecule has 2 aliphatic carbocycles. The van der Waals surface area contributed by atoms with Gasteiger partial charge in [-0.15, -0.1) is 0 Å². The summed E-state index contributed by atoms with van der Waals surface area (Å²) in [5.74, 6) is 4.03. The number of hydrogen-bond donors (Lipinski definition) is 0. The third kappa shape index (κ3) is 0.540. The smallest absolute Gasteiger partial charge is 0.0149 e. The molecule has 0 saturated heterocycles. The lowest BCUT2D eigenvalue weighted by Crippen LogP contribution is -2.27. The van der Waals surface area contributed by atoms with Gasteiger partial charge in [-0.05, 0) is 37.0 Å². The molecule has 0 amide bonds. The molecule has 2 saturated carbocycles. The molecule has 2 aliphatic rings. The third-order valence-corrected chi connectivity index (χ3v) is 3.16. The van der Waals surface area contributed by atoms with Crippen molar-refractivity contribution in [3.63, 3.8) is 0 Å². The number of rotatable bonds is 1. The van der Waals surface area contributed by atoms with Gasteiger partial charge >= 0.3 is 0 Å². The van der Waals surface area contributed by atoms with Crippen molar-refractivity contribution in [1.29, 1.82) is 0 Å². The van der Waals surface area contributed by atoms with E-state index in [1.54, 1.807) is 0 Å². The largest absolute Gasteiger partial charge is 0.0998 e. The lowest BCUT2D eigenvalue weighted by Gasteiger charge is -2.33. The molecule has 0 radical (unpaired) electrons. The molecule has 0 aromatic rings. The molecule has 0 aromatic heterocycles.